The van der Waals surface area contributed by atoms with E-state index in [9.17, 15) is 9.18 Å². The van der Waals surface area contributed by atoms with Gasteiger partial charge in [0.2, 0.25) is 0 Å². The molecule has 11 nitrogen and oxygen atoms in total. The second-order valence-corrected chi connectivity index (χ2v) is 8.92. The number of halogens is 1. The van der Waals surface area contributed by atoms with Gasteiger partial charge >= 0.3 is 0 Å². The molecule has 5 aromatic heterocycles. The molecule has 0 aliphatic rings. The average Bonchev–Trinajstić information content (AvgIpc) is 3.51. The minimum absolute atomic E-state index is 0.301. The number of carbonyl (C=O) groups is 1. The lowest BCUT2D eigenvalue weighted by molar-refractivity contribution is 0.0934. The number of H-pyrrole nitrogens is 1. The van der Waals surface area contributed by atoms with Gasteiger partial charge in [-0.15, -0.1) is 0 Å². The van der Waals surface area contributed by atoms with Crippen LogP contribution in [0.25, 0.3) is 17.2 Å². The number of aromatic amines is 1. The molecule has 0 bridgehead atoms. The minimum Gasteiger partial charge on any atom is -0.344 e. The van der Waals surface area contributed by atoms with E-state index in [0.717, 1.165) is 23.1 Å². The van der Waals surface area contributed by atoms with Crippen LogP contribution >= 0.6 is 0 Å². The van der Waals surface area contributed by atoms with Gasteiger partial charge in [0.25, 0.3) is 5.91 Å². The Balaban J connectivity index is 1.29. The minimum atomic E-state index is -0.444. The normalized spacial score (nSPS) is 11.8. The van der Waals surface area contributed by atoms with Crippen LogP contribution in [0.3, 0.4) is 0 Å². The summed E-state index contributed by atoms with van der Waals surface area (Å²) in [6.45, 7) is 7.46. The van der Waals surface area contributed by atoms with Gasteiger partial charge in [-0.1, -0.05) is 6.07 Å². The SMILES string of the molecule is Cc1cc(Nc2cc(C)[nH]n2)nc(-c2cnc(C(=O)N[C@@H](C)c3ccc(-n4cc(F)cn4)nc3)c(C)c2)n1. The van der Waals surface area contributed by atoms with Crippen molar-refractivity contribution in [3.05, 3.63) is 89.1 Å². The first kappa shape index (κ1) is 24.7. The summed E-state index contributed by atoms with van der Waals surface area (Å²) in [6.07, 6.45) is 5.56. The zero-order valence-electron chi connectivity index (χ0n) is 21.2. The van der Waals surface area contributed by atoms with Gasteiger partial charge in [-0.3, -0.25) is 14.9 Å². The number of carbonyl (C=O) groups excluding carboxylic acids is 1. The van der Waals surface area contributed by atoms with E-state index in [-0.39, 0.29) is 11.9 Å². The second-order valence-electron chi connectivity index (χ2n) is 8.92. The average molecular weight is 513 g/mol. The molecule has 0 unspecified atom stereocenters. The molecule has 5 aromatic rings. The Morgan fingerprint density at radius 1 is 1.03 bits per heavy atom. The highest BCUT2D eigenvalue weighted by Crippen LogP contribution is 2.22. The van der Waals surface area contributed by atoms with Gasteiger partial charge in [0.15, 0.2) is 23.3 Å². The van der Waals surface area contributed by atoms with E-state index in [4.69, 9.17) is 0 Å². The summed E-state index contributed by atoms with van der Waals surface area (Å²) in [6, 6.07) is 8.72. The molecule has 0 aliphatic carbocycles. The van der Waals surface area contributed by atoms with E-state index in [2.05, 4.69) is 45.9 Å². The number of rotatable bonds is 7. The number of hydrogen-bond acceptors (Lipinski definition) is 8. The van der Waals surface area contributed by atoms with Gasteiger partial charge in [0.1, 0.15) is 11.5 Å². The van der Waals surface area contributed by atoms with Crippen LogP contribution in [0, 0.1) is 26.6 Å². The molecule has 0 aromatic carbocycles. The summed E-state index contributed by atoms with van der Waals surface area (Å²) in [5.41, 5.74) is 4.16. The molecule has 3 N–H and O–H groups in total. The highest BCUT2D eigenvalue weighted by molar-refractivity contribution is 5.94. The van der Waals surface area contributed by atoms with Crippen LogP contribution in [0.15, 0.2) is 55.1 Å². The van der Waals surface area contributed by atoms with Crippen molar-refractivity contribution in [3.63, 3.8) is 0 Å². The predicted octanol–water partition coefficient (Wildman–Crippen LogP) is 4.14. The number of aromatic nitrogens is 8. The topological polar surface area (TPSA) is 139 Å². The number of amides is 1. The lowest BCUT2D eigenvalue weighted by atomic mass is 10.1. The van der Waals surface area contributed by atoms with Crippen molar-refractivity contribution in [2.45, 2.75) is 33.7 Å². The van der Waals surface area contributed by atoms with Crippen LogP contribution < -0.4 is 10.6 Å². The monoisotopic (exact) mass is 512 g/mol. The second kappa shape index (κ2) is 10.2. The smallest absolute Gasteiger partial charge is 0.270 e. The molecule has 0 fully saturated rings. The molecule has 5 heterocycles. The number of anilines is 2. The number of nitrogens with one attached hydrogen (secondary N) is 3. The van der Waals surface area contributed by atoms with Gasteiger partial charge in [-0.25, -0.2) is 24.0 Å². The molecule has 0 spiro atoms. The summed E-state index contributed by atoms with van der Waals surface area (Å²) in [7, 11) is 0. The molecule has 0 radical (unpaired) electrons. The fraction of sp³-hybridized carbons (Fsp3) is 0.192. The van der Waals surface area contributed by atoms with Crippen molar-refractivity contribution in [1.29, 1.82) is 0 Å². The van der Waals surface area contributed by atoms with Crippen LogP contribution in [0.1, 0.15) is 46.0 Å². The molecule has 38 heavy (non-hydrogen) atoms. The highest BCUT2D eigenvalue weighted by atomic mass is 19.1. The number of pyridine rings is 2. The van der Waals surface area contributed by atoms with Crippen LogP contribution in [0.2, 0.25) is 0 Å². The predicted molar refractivity (Wildman–Crippen MR) is 139 cm³/mol. The number of aryl methyl sites for hydroxylation is 3. The molecule has 12 heteroatoms. The summed E-state index contributed by atoms with van der Waals surface area (Å²) >= 11 is 0. The van der Waals surface area contributed by atoms with E-state index in [0.29, 0.717) is 40.1 Å². The Morgan fingerprint density at radius 2 is 1.87 bits per heavy atom. The van der Waals surface area contributed by atoms with Crippen molar-refractivity contribution in [2.24, 2.45) is 0 Å². The van der Waals surface area contributed by atoms with Gasteiger partial charge < -0.3 is 10.6 Å². The van der Waals surface area contributed by atoms with E-state index in [1.54, 1.807) is 24.5 Å². The number of nitrogens with zero attached hydrogens (tertiary/aromatic N) is 7. The van der Waals surface area contributed by atoms with E-state index >= 15 is 0 Å². The summed E-state index contributed by atoms with van der Waals surface area (Å²) in [5, 5.41) is 17.1. The van der Waals surface area contributed by atoms with Crippen molar-refractivity contribution in [2.75, 3.05) is 5.32 Å². The molecule has 1 atom stereocenters. The lowest BCUT2D eigenvalue weighted by Crippen LogP contribution is -2.28. The Bertz CT molecular complexity index is 1610. The van der Waals surface area contributed by atoms with Crippen molar-refractivity contribution in [3.8, 4) is 17.2 Å². The van der Waals surface area contributed by atoms with Crippen molar-refractivity contribution in [1.82, 2.24) is 45.2 Å². The van der Waals surface area contributed by atoms with Crippen molar-refractivity contribution >= 4 is 17.5 Å². The van der Waals surface area contributed by atoms with Gasteiger partial charge in [-0.2, -0.15) is 10.2 Å². The fourth-order valence-corrected chi connectivity index (χ4v) is 3.87. The molecule has 0 aliphatic heterocycles. The lowest BCUT2D eigenvalue weighted by Gasteiger charge is -2.15. The fourth-order valence-electron chi connectivity index (χ4n) is 3.87. The zero-order valence-corrected chi connectivity index (χ0v) is 21.2. The first-order valence-corrected chi connectivity index (χ1v) is 11.8. The summed E-state index contributed by atoms with van der Waals surface area (Å²) < 4.78 is 14.6. The number of hydrogen-bond donors (Lipinski definition) is 3. The van der Waals surface area contributed by atoms with Crippen LogP contribution in [0.5, 0.6) is 0 Å². The Labute approximate surface area is 217 Å². The van der Waals surface area contributed by atoms with E-state index in [1.807, 2.05) is 45.9 Å². The molecule has 192 valence electrons. The van der Waals surface area contributed by atoms with Crippen LogP contribution in [-0.4, -0.2) is 45.8 Å². The maximum Gasteiger partial charge on any atom is 0.270 e. The molecular weight excluding hydrogens is 487 g/mol. The molecule has 1 amide bonds. The van der Waals surface area contributed by atoms with Crippen LogP contribution in [-0.2, 0) is 0 Å². The summed E-state index contributed by atoms with van der Waals surface area (Å²) in [4.78, 5) is 30.8. The van der Waals surface area contributed by atoms with Crippen LogP contribution in [0.4, 0.5) is 16.0 Å². The van der Waals surface area contributed by atoms with E-state index < -0.39 is 5.82 Å². The Kier molecular flexibility index (Phi) is 6.60. The molecular formula is C26H25FN10O. The third kappa shape index (κ3) is 5.38. The maximum absolute atomic E-state index is 13.2. The standard InChI is InChI=1S/C26H25FN10O/c1-14-7-19(25-31-15(2)8-21(34-25)33-22-9-16(3)35-36-22)11-29-24(14)26(38)32-17(4)18-5-6-23(28-10-18)37-13-20(27)12-30-37/h5-13,17H,1-4H3,(H,32,38)(H2,31,33,34,35,36)/t17-/m0/s1. The first-order chi connectivity index (χ1) is 18.2. The maximum atomic E-state index is 13.2. The zero-order chi connectivity index (χ0) is 26.8. The van der Waals surface area contributed by atoms with Gasteiger partial charge in [0.05, 0.1) is 18.4 Å². The van der Waals surface area contributed by atoms with Crippen molar-refractivity contribution < 1.29 is 9.18 Å². The van der Waals surface area contributed by atoms with Gasteiger partial charge in [0, 0.05) is 41.5 Å². The first-order valence-electron chi connectivity index (χ1n) is 11.8. The Morgan fingerprint density at radius 3 is 2.53 bits per heavy atom. The third-order valence-corrected chi connectivity index (χ3v) is 5.77. The Hall–Kier alpha value is -5.00. The highest BCUT2D eigenvalue weighted by Gasteiger charge is 2.17. The quantitative estimate of drug-likeness (QED) is 0.296. The molecule has 5 rings (SSSR count). The third-order valence-electron chi connectivity index (χ3n) is 5.77. The largest absolute Gasteiger partial charge is 0.344 e. The van der Waals surface area contributed by atoms with E-state index in [1.165, 1.54) is 10.9 Å². The van der Waals surface area contributed by atoms with Gasteiger partial charge in [-0.05, 0) is 51.0 Å². The summed E-state index contributed by atoms with van der Waals surface area (Å²) in [5.74, 6) is 1.45. The molecule has 0 saturated carbocycles. The molecule has 0 saturated heterocycles.